The molecule has 0 aromatic rings. The molecule has 3 fully saturated rings. The van der Waals surface area contributed by atoms with E-state index in [4.69, 9.17) is 23.1 Å². The summed E-state index contributed by atoms with van der Waals surface area (Å²) in [6.07, 6.45) is 5.36. The first-order valence-corrected chi connectivity index (χ1v) is 22.3. The maximum Gasteiger partial charge on any atom is 0.200 e. The maximum absolute atomic E-state index is 10.8. The average molecular weight is 655 g/mol. The highest BCUT2D eigenvalue weighted by atomic mass is 28.4. The number of ether oxygens (including phenoxy) is 3. The molecule has 3 aliphatic rings. The Kier molecular flexibility index (Phi) is 13.5. The van der Waals surface area contributed by atoms with Crippen molar-refractivity contribution in [2.75, 3.05) is 6.61 Å². The molecule has 0 unspecified atom stereocenters. The summed E-state index contributed by atoms with van der Waals surface area (Å²) in [5, 5.41) is 10.8. The number of rotatable bonds is 14. The molecule has 6 nitrogen and oxygen atoms in total. The van der Waals surface area contributed by atoms with Crippen molar-refractivity contribution in [3.8, 4) is 0 Å². The van der Waals surface area contributed by atoms with E-state index in [1.54, 1.807) is 6.08 Å². The third kappa shape index (κ3) is 7.63. The van der Waals surface area contributed by atoms with Crippen molar-refractivity contribution in [1.29, 1.82) is 0 Å². The van der Waals surface area contributed by atoms with Gasteiger partial charge >= 0.3 is 0 Å². The van der Waals surface area contributed by atoms with E-state index in [-0.39, 0.29) is 36.6 Å². The summed E-state index contributed by atoms with van der Waals surface area (Å²) in [6.45, 7) is 35.2. The Morgan fingerprint density at radius 2 is 1.39 bits per heavy atom. The van der Waals surface area contributed by atoms with Gasteiger partial charge in [-0.3, -0.25) is 0 Å². The minimum absolute atomic E-state index is 0.0184. The molecular formula is C36H70O6Si2. The first-order valence-electron chi connectivity index (χ1n) is 18.1. The summed E-state index contributed by atoms with van der Waals surface area (Å²) in [5.41, 5.74) is 2.73. The van der Waals surface area contributed by atoms with E-state index in [2.05, 4.69) is 96.6 Å². The van der Waals surface area contributed by atoms with Gasteiger partial charge in [0.2, 0.25) is 8.32 Å². The Morgan fingerprint density at radius 3 is 1.89 bits per heavy atom. The maximum atomic E-state index is 10.8. The van der Waals surface area contributed by atoms with Crippen LogP contribution >= 0.6 is 0 Å². The van der Waals surface area contributed by atoms with Gasteiger partial charge < -0.3 is 28.2 Å². The van der Waals surface area contributed by atoms with Crippen LogP contribution in [0.4, 0.5) is 0 Å². The molecule has 3 rings (SSSR count). The summed E-state index contributed by atoms with van der Waals surface area (Å²) < 4.78 is 35.0. The second kappa shape index (κ2) is 15.4. The van der Waals surface area contributed by atoms with E-state index in [1.807, 2.05) is 0 Å². The molecule has 3 saturated heterocycles. The van der Waals surface area contributed by atoms with Crippen LogP contribution in [0, 0.1) is 0 Å². The van der Waals surface area contributed by atoms with Gasteiger partial charge in [0, 0.05) is 19.4 Å². The lowest BCUT2D eigenvalue weighted by Gasteiger charge is -2.55. The van der Waals surface area contributed by atoms with Crippen LogP contribution in [0.15, 0.2) is 12.7 Å². The predicted octanol–water partition coefficient (Wildman–Crippen LogP) is 9.32. The van der Waals surface area contributed by atoms with Gasteiger partial charge in [-0.05, 0) is 65.9 Å². The fraction of sp³-hybridized carbons (Fsp3) is 0.944. The summed E-state index contributed by atoms with van der Waals surface area (Å²) in [5.74, 6) is 0. The van der Waals surface area contributed by atoms with Crippen LogP contribution in [0.1, 0.15) is 129 Å². The highest BCUT2D eigenvalue weighted by molar-refractivity contribution is 6.78. The van der Waals surface area contributed by atoms with Gasteiger partial charge in [0.25, 0.3) is 0 Å². The van der Waals surface area contributed by atoms with Crippen molar-refractivity contribution in [3.05, 3.63) is 12.7 Å². The Hall–Kier alpha value is -0.0662. The smallest absolute Gasteiger partial charge is 0.200 e. The van der Waals surface area contributed by atoms with Crippen molar-refractivity contribution in [2.24, 2.45) is 0 Å². The van der Waals surface area contributed by atoms with Crippen LogP contribution in [0.5, 0.6) is 0 Å². The minimum atomic E-state index is -2.17. The second-order valence-electron chi connectivity index (χ2n) is 16.4. The third-order valence-corrected chi connectivity index (χ3v) is 24.0. The van der Waals surface area contributed by atoms with E-state index >= 15 is 0 Å². The number of hydrogen-bond donors (Lipinski definition) is 1. The summed E-state index contributed by atoms with van der Waals surface area (Å²) in [4.78, 5) is 0. The van der Waals surface area contributed by atoms with Gasteiger partial charge in [-0.1, -0.05) is 89.2 Å². The third-order valence-electron chi connectivity index (χ3n) is 11.8. The SMILES string of the molecule is C=C[C@H]1O[C@H]2C[C@H]3O[C@H](CCCO[Si](C(C)C)(C(C)C)C(C)C)C[C@H](O[Si](C(C)C)(C(C)C)C(C)C)[C@@H]3O[C@]2(C)CC[C@@H]1O. The molecule has 8 heteroatoms. The molecule has 1 N–H and O–H groups in total. The Bertz CT molecular complexity index is 864. The molecule has 0 saturated carbocycles. The molecule has 0 aromatic carbocycles. The van der Waals surface area contributed by atoms with Crippen LogP contribution in [0.2, 0.25) is 33.2 Å². The van der Waals surface area contributed by atoms with E-state index < -0.39 is 28.3 Å². The Morgan fingerprint density at radius 1 is 0.841 bits per heavy atom. The summed E-state index contributed by atoms with van der Waals surface area (Å²) in [7, 11) is -4.07. The van der Waals surface area contributed by atoms with Gasteiger partial charge in [0.15, 0.2) is 8.32 Å². The quantitative estimate of drug-likeness (QED) is 0.114. The van der Waals surface area contributed by atoms with E-state index in [0.29, 0.717) is 39.7 Å². The van der Waals surface area contributed by atoms with Crippen molar-refractivity contribution in [1.82, 2.24) is 0 Å². The predicted molar refractivity (Wildman–Crippen MR) is 187 cm³/mol. The number of fused-ring (bicyclic) bond motifs is 2. The van der Waals surface area contributed by atoms with Crippen LogP contribution in [-0.4, -0.2) is 76.7 Å². The fourth-order valence-electron chi connectivity index (χ4n) is 9.74. The molecular weight excluding hydrogens is 585 g/mol. The largest absolute Gasteiger partial charge is 0.416 e. The van der Waals surface area contributed by atoms with Gasteiger partial charge in [0.1, 0.15) is 12.2 Å². The summed E-state index contributed by atoms with van der Waals surface area (Å²) >= 11 is 0. The van der Waals surface area contributed by atoms with Gasteiger partial charge in [0.05, 0.1) is 36.1 Å². The number of hydrogen-bond acceptors (Lipinski definition) is 6. The van der Waals surface area contributed by atoms with E-state index in [9.17, 15) is 5.11 Å². The van der Waals surface area contributed by atoms with Crippen LogP contribution in [0.25, 0.3) is 0 Å². The lowest BCUT2D eigenvalue weighted by Crippen LogP contribution is -2.65. The highest BCUT2D eigenvalue weighted by Gasteiger charge is 2.57. The van der Waals surface area contributed by atoms with Crippen molar-refractivity contribution >= 4 is 16.6 Å². The van der Waals surface area contributed by atoms with Crippen LogP contribution in [0.3, 0.4) is 0 Å². The van der Waals surface area contributed by atoms with Crippen LogP contribution in [-0.2, 0) is 23.1 Å². The molecule has 0 aliphatic carbocycles. The molecule has 8 atom stereocenters. The zero-order valence-electron chi connectivity index (χ0n) is 30.7. The Balaban J connectivity index is 1.86. The first kappa shape index (κ1) is 38.4. The molecule has 0 aromatic heterocycles. The normalized spacial score (nSPS) is 33.8. The fourth-order valence-corrected chi connectivity index (χ4v) is 20.8. The monoisotopic (exact) mass is 654 g/mol. The highest BCUT2D eigenvalue weighted by Crippen LogP contribution is 2.49. The molecule has 0 bridgehead atoms. The van der Waals surface area contributed by atoms with Gasteiger partial charge in [-0.2, -0.15) is 0 Å². The zero-order chi connectivity index (χ0) is 33.2. The summed E-state index contributed by atoms with van der Waals surface area (Å²) in [6, 6.07) is 0. The lowest BCUT2D eigenvalue weighted by atomic mass is 9.81. The first-order chi connectivity index (χ1) is 20.5. The molecule has 0 spiro atoms. The molecule has 0 radical (unpaired) electrons. The van der Waals surface area contributed by atoms with Gasteiger partial charge in [-0.25, -0.2) is 0 Å². The standard InChI is InChI=1S/C36H70O6Si2/c1-15-31-30(37)18-19-36(14)34(40-31)22-32-35(41-36)33(42-44(26(8)9,27(10)11)28(12)13)21-29(39-32)17-16-20-38-43(23(2)3,24(4)5)25(6)7/h15,23-35,37H,1,16-22H2,2-14H3/t29-,30+,31-,32-,33+,34+,35-,36-/m1/s1. The topological polar surface area (TPSA) is 66.4 Å². The lowest BCUT2D eigenvalue weighted by molar-refractivity contribution is -0.288. The molecule has 3 aliphatic heterocycles. The Labute approximate surface area is 273 Å². The molecule has 44 heavy (non-hydrogen) atoms. The van der Waals surface area contributed by atoms with Crippen molar-refractivity contribution in [3.63, 3.8) is 0 Å². The molecule has 0 amide bonds. The molecule has 258 valence electrons. The van der Waals surface area contributed by atoms with Crippen LogP contribution < -0.4 is 0 Å². The van der Waals surface area contributed by atoms with Crippen molar-refractivity contribution < 1.29 is 28.2 Å². The van der Waals surface area contributed by atoms with Crippen molar-refractivity contribution in [2.45, 2.75) is 210 Å². The van der Waals surface area contributed by atoms with Gasteiger partial charge in [-0.15, -0.1) is 6.58 Å². The second-order valence-corrected chi connectivity index (χ2v) is 27.2. The number of aliphatic hydroxyl groups excluding tert-OH is 1. The number of aliphatic hydroxyl groups is 1. The average Bonchev–Trinajstić information content (AvgIpc) is 3.04. The minimum Gasteiger partial charge on any atom is -0.416 e. The zero-order valence-corrected chi connectivity index (χ0v) is 32.7. The molecule has 3 heterocycles. The van der Waals surface area contributed by atoms with E-state index in [1.165, 1.54) is 0 Å². The van der Waals surface area contributed by atoms with E-state index in [0.717, 1.165) is 38.7 Å².